The van der Waals surface area contributed by atoms with E-state index in [4.69, 9.17) is 5.73 Å². The Bertz CT molecular complexity index is 768. The smallest absolute Gasteiger partial charge is 0.281 e. The summed E-state index contributed by atoms with van der Waals surface area (Å²) >= 11 is 2.84. The average Bonchev–Trinajstić information content (AvgIpc) is 2.36. The molecule has 0 aliphatic heterocycles. The second-order valence-electron chi connectivity index (χ2n) is 3.75. The van der Waals surface area contributed by atoms with Gasteiger partial charge in [-0.05, 0) is 34.1 Å². The van der Waals surface area contributed by atoms with Crippen molar-refractivity contribution in [3.05, 3.63) is 46.6 Å². The Morgan fingerprint density at radius 3 is 2.60 bits per heavy atom. The van der Waals surface area contributed by atoms with Gasteiger partial charge in [0, 0.05) is 12.3 Å². The van der Waals surface area contributed by atoms with Crippen molar-refractivity contribution in [3.8, 4) is 0 Å². The first-order chi connectivity index (χ1) is 9.31. The average molecular weight is 364 g/mol. The first-order valence-corrected chi connectivity index (χ1v) is 7.47. The number of benzene rings is 1. The lowest BCUT2D eigenvalue weighted by Gasteiger charge is -2.10. The van der Waals surface area contributed by atoms with Crippen LogP contribution in [0.3, 0.4) is 0 Å². The summed E-state index contributed by atoms with van der Waals surface area (Å²) < 4.78 is 52.6. The topological polar surface area (TPSA) is 85.1 Å². The zero-order valence-corrected chi connectivity index (χ0v) is 12.2. The van der Waals surface area contributed by atoms with E-state index in [1.165, 1.54) is 18.3 Å². The van der Waals surface area contributed by atoms with Crippen LogP contribution in [0.25, 0.3) is 0 Å². The maximum atomic E-state index is 13.5. The molecule has 0 aliphatic rings. The third-order valence-electron chi connectivity index (χ3n) is 2.31. The van der Waals surface area contributed by atoms with E-state index in [0.717, 1.165) is 6.07 Å². The van der Waals surface area contributed by atoms with Gasteiger partial charge in [0.05, 0.1) is 15.8 Å². The summed E-state index contributed by atoms with van der Waals surface area (Å²) in [5.74, 6) is -1.90. The molecular weight excluding hydrogens is 356 g/mol. The minimum atomic E-state index is -4.17. The predicted molar refractivity (Wildman–Crippen MR) is 73.5 cm³/mol. The monoisotopic (exact) mass is 363 g/mol. The molecule has 3 N–H and O–H groups in total. The van der Waals surface area contributed by atoms with Crippen molar-refractivity contribution in [2.45, 2.75) is 5.03 Å². The number of nitrogens with two attached hydrogens (primary N) is 1. The van der Waals surface area contributed by atoms with E-state index in [2.05, 4.69) is 20.9 Å². The Morgan fingerprint density at radius 1 is 1.25 bits per heavy atom. The van der Waals surface area contributed by atoms with Gasteiger partial charge >= 0.3 is 0 Å². The summed E-state index contributed by atoms with van der Waals surface area (Å²) in [4.78, 5) is 3.63. The summed E-state index contributed by atoms with van der Waals surface area (Å²) in [6.45, 7) is 0. The Labute approximate surface area is 122 Å². The molecule has 9 heteroatoms. The third kappa shape index (κ3) is 2.88. The largest absolute Gasteiger partial charge is 0.396 e. The molecule has 0 radical (unpaired) electrons. The van der Waals surface area contributed by atoms with Gasteiger partial charge in [0.2, 0.25) is 0 Å². The number of nitrogens with one attached hydrogen (secondary N) is 1. The molecule has 0 saturated heterocycles. The lowest BCUT2D eigenvalue weighted by atomic mass is 10.3. The van der Waals surface area contributed by atoms with Gasteiger partial charge in [-0.2, -0.15) is 8.42 Å². The van der Waals surface area contributed by atoms with E-state index in [1.54, 1.807) is 0 Å². The fourth-order valence-electron chi connectivity index (χ4n) is 1.42. The highest BCUT2D eigenvalue weighted by Gasteiger charge is 2.21. The maximum absolute atomic E-state index is 13.5. The van der Waals surface area contributed by atoms with Gasteiger partial charge in [-0.25, -0.2) is 13.8 Å². The van der Waals surface area contributed by atoms with Crippen molar-refractivity contribution in [2.75, 3.05) is 10.5 Å². The van der Waals surface area contributed by atoms with E-state index in [9.17, 15) is 17.2 Å². The van der Waals surface area contributed by atoms with E-state index in [0.29, 0.717) is 6.07 Å². The zero-order valence-electron chi connectivity index (χ0n) is 9.77. The van der Waals surface area contributed by atoms with Crippen molar-refractivity contribution in [2.24, 2.45) is 0 Å². The summed E-state index contributed by atoms with van der Waals surface area (Å²) in [5, 5.41) is -0.431. The molecule has 0 fully saturated rings. The van der Waals surface area contributed by atoms with Crippen LogP contribution in [0.1, 0.15) is 0 Å². The van der Waals surface area contributed by atoms with Crippen molar-refractivity contribution in [1.82, 2.24) is 4.98 Å². The molecule has 0 saturated carbocycles. The number of hydrogen-bond donors (Lipinski definition) is 2. The molecule has 0 unspecified atom stereocenters. The summed E-state index contributed by atoms with van der Waals surface area (Å²) in [6.07, 6.45) is 1.24. The summed E-state index contributed by atoms with van der Waals surface area (Å²) in [7, 11) is -4.17. The zero-order chi connectivity index (χ0) is 14.9. The lowest BCUT2D eigenvalue weighted by molar-refractivity contribution is 0.578. The van der Waals surface area contributed by atoms with E-state index in [-0.39, 0.29) is 10.2 Å². The standard InChI is InChI=1S/C11H8BrF2N3O2S/c12-6-4-10(8(14)5-7(6)13)17-20(18,19)11-9(15)2-1-3-16-11/h1-5,17H,15H2. The number of pyridine rings is 1. The number of nitrogen functional groups attached to an aromatic ring is 1. The Morgan fingerprint density at radius 2 is 1.95 bits per heavy atom. The Kier molecular flexibility index (Phi) is 3.91. The maximum Gasteiger partial charge on any atom is 0.281 e. The van der Waals surface area contributed by atoms with Gasteiger partial charge in [-0.3, -0.25) is 4.72 Å². The minimum Gasteiger partial charge on any atom is -0.396 e. The number of halogens is 3. The fourth-order valence-corrected chi connectivity index (χ4v) is 2.89. The van der Waals surface area contributed by atoms with Crippen LogP contribution in [-0.2, 0) is 10.0 Å². The highest BCUT2D eigenvalue weighted by Crippen LogP contribution is 2.26. The third-order valence-corrected chi connectivity index (χ3v) is 4.26. The van der Waals surface area contributed by atoms with Gasteiger partial charge in [0.15, 0.2) is 5.03 Å². The number of rotatable bonds is 3. The van der Waals surface area contributed by atoms with E-state index in [1.807, 2.05) is 4.72 Å². The first kappa shape index (κ1) is 14.7. The number of aromatic nitrogens is 1. The quantitative estimate of drug-likeness (QED) is 0.820. The van der Waals surface area contributed by atoms with Crippen molar-refractivity contribution in [3.63, 3.8) is 0 Å². The van der Waals surface area contributed by atoms with Gasteiger partial charge in [0.1, 0.15) is 11.6 Å². The second kappa shape index (κ2) is 5.33. The van der Waals surface area contributed by atoms with Crippen LogP contribution in [0.15, 0.2) is 40.0 Å². The van der Waals surface area contributed by atoms with Crippen molar-refractivity contribution < 1.29 is 17.2 Å². The minimum absolute atomic E-state index is 0.0782. The van der Waals surface area contributed by atoms with E-state index < -0.39 is 32.4 Å². The molecule has 2 aromatic rings. The van der Waals surface area contributed by atoms with Crippen LogP contribution in [0, 0.1) is 11.6 Å². The van der Waals surface area contributed by atoms with E-state index >= 15 is 0 Å². The van der Waals surface area contributed by atoms with Crippen LogP contribution < -0.4 is 10.5 Å². The SMILES string of the molecule is Nc1cccnc1S(=O)(=O)Nc1cc(Br)c(F)cc1F. The molecule has 20 heavy (non-hydrogen) atoms. The molecule has 0 spiro atoms. The molecule has 0 amide bonds. The van der Waals surface area contributed by atoms with Crippen LogP contribution in [0.2, 0.25) is 0 Å². The van der Waals surface area contributed by atoms with Crippen molar-refractivity contribution in [1.29, 1.82) is 0 Å². The lowest BCUT2D eigenvalue weighted by Crippen LogP contribution is -2.17. The number of sulfonamides is 1. The van der Waals surface area contributed by atoms with Crippen molar-refractivity contribution >= 4 is 37.3 Å². The molecule has 5 nitrogen and oxygen atoms in total. The molecular formula is C11H8BrF2N3O2S. The second-order valence-corrected chi connectivity index (χ2v) is 6.20. The summed E-state index contributed by atoms with van der Waals surface area (Å²) in [6, 6.07) is 4.34. The Hall–Kier alpha value is -1.74. The molecule has 106 valence electrons. The highest BCUT2D eigenvalue weighted by molar-refractivity contribution is 9.10. The molecule has 0 aliphatic carbocycles. The van der Waals surface area contributed by atoms with Crippen LogP contribution in [0.5, 0.6) is 0 Å². The highest BCUT2D eigenvalue weighted by atomic mass is 79.9. The van der Waals surface area contributed by atoms with Gasteiger partial charge in [-0.1, -0.05) is 0 Å². The summed E-state index contributed by atoms with van der Waals surface area (Å²) in [5.41, 5.74) is 5.01. The van der Waals surface area contributed by atoms with Gasteiger partial charge in [-0.15, -0.1) is 0 Å². The molecule has 0 atom stereocenters. The molecule has 1 aromatic heterocycles. The normalized spacial score (nSPS) is 11.3. The number of anilines is 2. The van der Waals surface area contributed by atoms with Crippen LogP contribution >= 0.6 is 15.9 Å². The molecule has 2 rings (SSSR count). The van der Waals surface area contributed by atoms with Gasteiger partial charge < -0.3 is 5.73 Å². The first-order valence-electron chi connectivity index (χ1n) is 5.19. The molecule has 1 heterocycles. The number of hydrogen-bond acceptors (Lipinski definition) is 4. The predicted octanol–water partition coefficient (Wildman–Crippen LogP) is 2.51. The fraction of sp³-hybridized carbons (Fsp3) is 0. The van der Waals surface area contributed by atoms with Crippen LogP contribution in [-0.4, -0.2) is 13.4 Å². The number of nitrogens with zero attached hydrogens (tertiary/aromatic N) is 1. The Balaban J connectivity index is 2.44. The molecule has 1 aromatic carbocycles. The van der Waals surface area contributed by atoms with Gasteiger partial charge in [0.25, 0.3) is 10.0 Å². The molecule has 0 bridgehead atoms. The van der Waals surface area contributed by atoms with Crippen LogP contribution in [0.4, 0.5) is 20.2 Å².